The molecule has 1 aromatic rings. The Bertz CT molecular complexity index is 532. The number of halogens is 1. The summed E-state index contributed by atoms with van der Waals surface area (Å²) < 4.78 is 13.6. The molecule has 1 aliphatic carbocycles. The predicted octanol–water partition coefficient (Wildman–Crippen LogP) is 3.18. The molecule has 0 saturated heterocycles. The van der Waals surface area contributed by atoms with Gasteiger partial charge < -0.3 is 5.11 Å². The first kappa shape index (κ1) is 16.0. The standard InChI is InChI=1S/C18H24FNO/c1-14-6-3-4-8-18(14)20(2)13-15-9-10-17(19)16(12-15)7-5-11-21/h9-10,12,14,18,21H,3-4,6,8,11,13H2,1-2H3. The van der Waals surface area contributed by atoms with E-state index in [1.165, 1.54) is 31.7 Å². The van der Waals surface area contributed by atoms with Gasteiger partial charge in [-0.1, -0.05) is 37.7 Å². The van der Waals surface area contributed by atoms with E-state index >= 15 is 0 Å². The molecule has 0 aliphatic heterocycles. The molecule has 0 aromatic heterocycles. The Morgan fingerprint density at radius 3 is 2.81 bits per heavy atom. The molecular formula is C18H24FNO. The van der Waals surface area contributed by atoms with Gasteiger partial charge in [-0.05, 0) is 43.5 Å². The third-order valence-electron chi connectivity index (χ3n) is 4.40. The van der Waals surface area contributed by atoms with Crippen molar-refractivity contribution in [3.63, 3.8) is 0 Å². The molecular weight excluding hydrogens is 265 g/mol. The Morgan fingerprint density at radius 1 is 1.33 bits per heavy atom. The minimum atomic E-state index is -0.326. The summed E-state index contributed by atoms with van der Waals surface area (Å²) in [5.74, 6) is 5.57. The summed E-state index contributed by atoms with van der Waals surface area (Å²) in [7, 11) is 2.15. The van der Waals surface area contributed by atoms with E-state index in [1.807, 2.05) is 6.07 Å². The van der Waals surface area contributed by atoms with Crippen LogP contribution in [-0.4, -0.2) is 29.7 Å². The highest BCUT2D eigenvalue weighted by Gasteiger charge is 2.24. The van der Waals surface area contributed by atoms with Gasteiger partial charge in [-0.3, -0.25) is 4.90 Å². The van der Waals surface area contributed by atoms with Crippen LogP contribution < -0.4 is 0 Å². The SMILES string of the molecule is CC1CCCCC1N(C)Cc1ccc(F)c(C#CCO)c1. The van der Waals surface area contributed by atoms with Gasteiger partial charge in [0.25, 0.3) is 0 Å². The van der Waals surface area contributed by atoms with Crippen LogP contribution in [-0.2, 0) is 6.54 Å². The smallest absolute Gasteiger partial charge is 0.138 e. The van der Waals surface area contributed by atoms with E-state index in [9.17, 15) is 4.39 Å². The largest absolute Gasteiger partial charge is 0.384 e. The van der Waals surface area contributed by atoms with E-state index in [0.29, 0.717) is 11.6 Å². The third kappa shape index (κ3) is 4.30. The first-order valence-corrected chi connectivity index (χ1v) is 7.70. The fraction of sp³-hybridized carbons (Fsp3) is 0.556. The van der Waals surface area contributed by atoms with E-state index in [1.54, 1.807) is 6.07 Å². The van der Waals surface area contributed by atoms with Gasteiger partial charge in [0.15, 0.2) is 0 Å². The number of nitrogens with zero attached hydrogens (tertiary/aromatic N) is 1. The van der Waals surface area contributed by atoms with E-state index in [-0.39, 0.29) is 12.4 Å². The minimum absolute atomic E-state index is 0.247. The number of hydrogen-bond acceptors (Lipinski definition) is 2. The van der Waals surface area contributed by atoms with Crippen molar-refractivity contribution in [2.24, 2.45) is 5.92 Å². The van der Waals surface area contributed by atoms with E-state index < -0.39 is 0 Å². The number of aliphatic hydroxyl groups is 1. The topological polar surface area (TPSA) is 23.5 Å². The molecule has 1 N–H and O–H groups in total. The highest BCUT2D eigenvalue weighted by molar-refractivity contribution is 5.38. The zero-order valence-corrected chi connectivity index (χ0v) is 12.9. The number of aliphatic hydroxyl groups excluding tert-OH is 1. The van der Waals surface area contributed by atoms with Crippen LogP contribution in [0.15, 0.2) is 18.2 Å². The molecule has 0 radical (unpaired) electrons. The van der Waals surface area contributed by atoms with Gasteiger partial charge in [0.05, 0.1) is 5.56 Å². The van der Waals surface area contributed by atoms with Crippen molar-refractivity contribution in [1.29, 1.82) is 0 Å². The fourth-order valence-corrected chi connectivity index (χ4v) is 3.26. The van der Waals surface area contributed by atoms with Crippen molar-refractivity contribution in [2.45, 2.75) is 45.2 Å². The maximum Gasteiger partial charge on any atom is 0.138 e. The molecule has 21 heavy (non-hydrogen) atoms. The van der Waals surface area contributed by atoms with Gasteiger partial charge in [-0.15, -0.1) is 0 Å². The maximum absolute atomic E-state index is 13.6. The second-order valence-corrected chi connectivity index (χ2v) is 6.02. The second kappa shape index (κ2) is 7.59. The van der Waals surface area contributed by atoms with Crippen molar-refractivity contribution in [3.05, 3.63) is 35.1 Å². The molecule has 3 heteroatoms. The average molecular weight is 289 g/mol. The normalized spacial score (nSPS) is 22.0. The van der Waals surface area contributed by atoms with Crippen molar-refractivity contribution in [2.75, 3.05) is 13.7 Å². The van der Waals surface area contributed by atoms with Gasteiger partial charge >= 0.3 is 0 Å². The molecule has 0 spiro atoms. The van der Waals surface area contributed by atoms with Crippen LogP contribution in [0.1, 0.15) is 43.7 Å². The summed E-state index contributed by atoms with van der Waals surface area (Å²) in [5.41, 5.74) is 1.44. The molecule has 114 valence electrons. The van der Waals surface area contributed by atoms with E-state index in [0.717, 1.165) is 18.0 Å². The molecule has 1 aromatic carbocycles. The van der Waals surface area contributed by atoms with Crippen LogP contribution in [0.4, 0.5) is 4.39 Å². The van der Waals surface area contributed by atoms with Crippen molar-refractivity contribution in [3.8, 4) is 11.8 Å². The van der Waals surface area contributed by atoms with Crippen molar-refractivity contribution >= 4 is 0 Å². The zero-order chi connectivity index (χ0) is 15.2. The van der Waals surface area contributed by atoms with E-state index in [4.69, 9.17) is 5.11 Å². The maximum atomic E-state index is 13.6. The number of hydrogen-bond donors (Lipinski definition) is 1. The second-order valence-electron chi connectivity index (χ2n) is 6.02. The number of rotatable bonds is 3. The molecule has 1 saturated carbocycles. The summed E-state index contributed by atoms with van der Waals surface area (Å²) in [6.07, 6.45) is 5.18. The summed E-state index contributed by atoms with van der Waals surface area (Å²) in [5, 5.41) is 8.73. The Hall–Kier alpha value is -1.37. The molecule has 0 amide bonds. The van der Waals surface area contributed by atoms with Crippen LogP contribution in [0.5, 0.6) is 0 Å². The Balaban J connectivity index is 2.08. The van der Waals surface area contributed by atoms with Crippen molar-refractivity contribution in [1.82, 2.24) is 4.90 Å². The van der Waals surface area contributed by atoms with Gasteiger partial charge in [0.1, 0.15) is 12.4 Å². The summed E-state index contributed by atoms with van der Waals surface area (Å²) in [6, 6.07) is 5.69. The zero-order valence-electron chi connectivity index (χ0n) is 12.9. The van der Waals surface area contributed by atoms with Gasteiger partial charge in [-0.2, -0.15) is 0 Å². The Labute approximate surface area is 127 Å². The lowest BCUT2D eigenvalue weighted by atomic mass is 9.85. The van der Waals surface area contributed by atoms with Crippen LogP contribution in [0, 0.1) is 23.6 Å². The van der Waals surface area contributed by atoms with Crippen LogP contribution in [0.25, 0.3) is 0 Å². The average Bonchev–Trinajstić information content (AvgIpc) is 2.48. The minimum Gasteiger partial charge on any atom is -0.384 e. The van der Waals surface area contributed by atoms with Crippen LogP contribution in [0.3, 0.4) is 0 Å². The molecule has 2 nitrogen and oxygen atoms in total. The van der Waals surface area contributed by atoms with Gasteiger partial charge in [0.2, 0.25) is 0 Å². The molecule has 2 rings (SSSR count). The Kier molecular flexibility index (Phi) is 5.78. The first-order chi connectivity index (χ1) is 10.1. The molecule has 1 aliphatic rings. The summed E-state index contributed by atoms with van der Waals surface area (Å²) in [6.45, 7) is 2.88. The summed E-state index contributed by atoms with van der Waals surface area (Å²) >= 11 is 0. The summed E-state index contributed by atoms with van der Waals surface area (Å²) in [4.78, 5) is 2.38. The monoisotopic (exact) mass is 289 g/mol. The Morgan fingerprint density at radius 2 is 2.10 bits per heavy atom. The lowest BCUT2D eigenvalue weighted by Crippen LogP contribution is -2.38. The molecule has 0 heterocycles. The van der Waals surface area contributed by atoms with E-state index in [2.05, 4.69) is 30.7 Å². The number of benzene rings is 1. The molecule has 2 atom stereocenters. The predicted molar refractivity (Wildman–Crippen MR) is 83.3 cm³/mol. The lowest BCUT2D eigenvalue weighted by Gasteiger charge is -2.36. The van der Waals surface area contributed by atoms with Crippen LogP contribution in [0.2, 0.25) is 0 Å². The molecule has 1 fully saturated rings. The highest BCUT2D eigenvalue weighted by atomic mass is 19.1. The van der Waals surface area contributed by atoms with Gasteiger partial charge in [0, 0.05) is 12.6 Å². The molecule has 0 bridgehead atoms. The fourth-order valence-electron chi connectivity index (χ4n) is 3.26. The highest BCUT2D eigenvalue weighted by Crippen LogP contribution is 2.28. The van der Waals surface area contributed by atoms with Crippen LogP contribution >= 0.6 is 0 Å². The van der Waals surface area contributed by atoms with Crippen molar-refractivity contribution < 1.29 is 9.50 Å². The van der Waals surface area contributed by atoms with Gasteiger partial charge in [-0.25, -0.2) is 4.39 Å². The third-order valence-corrected chi connectivity index (χ3v) is 4.40. The lowest BCUT2D eigenvalue weighted by molar-refractivity contribution is 0.133. The molecule has 2 unspecified atom stereocenters. The first-order valence-electron chi connectivity index (χ1n) is 7.70. The quantitative estimate of drug-likeness (QED) is 0.864.